The molecular formula is C16H15N3O4S. The van der Waals surface area contributed by atoms with Crippen molar-refractivity contribution in [3.8, 4) is 0 Å². The van der Waals surface area contributed by atoms with E-state index in [4.69, 9.17) is 4.42 Å². The highest BCUT2D eigenvalue weighted by Gasteiger charge is 2.20. The predicted molar refractivity (Wildman–Crippen MR) is 89.8 cm³/mol. The smallest absolute Gasteiger partial charge is 0.261 e. The Labute approximate surface area is 140 Å². The van der Waals surface area contributed by atoms with Crippen LogP contribution < -0.4 is 10.9 Å². The lowest BCUT2D eigenvalue weighted by Gasteiger charge is -2.00. The molecule has 0 aromatic carbocycles. The van der Waals surface area contributed by atoms with E-state index >= 15 is 0 Å². The van der Waals surface area contributed by atoms with E-state index in [-0.39, 0.29) is 35.3 Å². The highest BCUT2D eigenvalue weighted by atomic mass is 32.1. The third-order valence-corrected chi connectivity index (χ3v) is 4.91. The number of carbonyl (C=O) groups excluding carboxylic acids is 2. The Balaban J connectivity index is 2.02. The van der Waals surface area contributed by atoms with E-state index < -0.39 is 0 Å². The Bertz CT molecular complexity index is 1010. The number of hydrogen-bond donors (Lipinski definition) is 2. The van der Waals surface area contributed by atoms with Crippen LogP contribution in [0.25, 0.3) is 10.2 Å². The molecule has 0 spiro atoms. The van der Waals surface area contributed by atoms with Crippen LogP contribution in [0, 0.1) is 13.8 Å². The Morgan fingerprint density at radius 2 is 2.12 bits per heavy atom. The van der Waals surface area contributed by atoms with Crippen LogP contribution in [0.4, 0.5) is 0 Å². The van der Waals surface area contributed by atoms with Gasteiger partial charge < -0.3 is 14.7 Å². The first kappa shape index (κ1) is 16.1. The summed E-state index contributed by atoms with van der Waals surface area (Å²) in [6, 6.07) is 1.70. The van der Waals surface area contributed by atoms with Gasteiger partial charge in [0.25, 0.3) is 11.5 Å². The van der Waals surface area contributed by atoms with Crippen molar-refractivity contribution in [3.05, 3.63) is 50.3 Å². The van der Waals surface area contributed by atoms with E-state index in [1.807, 2.05) is 0 Å². The molecule has 8 heteroatoms. The zero-order valence-corrected chi connectivity index (χ0v) is 14.2. The quantitative estimate of drug-likeness (QED) is 0.704. The minimum atomic E-state index is -0.358. The maximum absolute atomic E-state index is 12.3. The van der Waals surface area contributed by atoms with Crippen LogP contribution in [0.2, 0.25) is 0 Å². The zero-order chi connectivity index (χ0) is 17.4. The van der Waals surface area contributed by atoms with Crippen LogP contribution in [0.3, 0.4) is 0 Å². The molecule has 3 heterocycles. The average Bonchev–Trinajstić information content (AvgIpc) is 3.10. The third-order valence-electron chi connectivity index (χ3n) is 3.73. The molecule has 7 nitrogen and oxygen atoms in total. The normalized spacial score (nSPS) is 11.0. The summed E-state index contributed by atoms with van der Waals surface area (Å²) in [5.41, 5.74) is 0.961. The van der Waals surface area contributed by atoms with Crippen molar-refractivity contribution in [1.82, 2.24) is 15.3 Å². The maximum atomic E-state index is 12.3. The van der Waals surface area contributed by atoms with E-state index in [0.29, 0.717) is 20.7 Å². The summed E-state index contributed by atoms with van der Waals surface area (Å²) in [5.74, 6) is -0.0253. The molecule has 0 aliphatic rings. The van der Waals surface area contributed by atoms with E-state index in [1.54, 1.807) is 19.9 Å². The van der Waals surface area contributed by atoms with Crippen molar-refractivity contribution in [1.29, 1.82) is 0 Å². The fraction of sp³-hybridized carbons (Fsp3) is 0.250. The number of Topliss-reactive ketones (excluding diaryl/α,β-unsaturated/α-hetero) is 1. The topological polar surface area (TPSA) is 105 Å². The van der Waals surface area contributed by atoms with Gasteiger partial charge in [-0.15, -0.1) is 11.3 Å². The molecule has 24 heavy (non-hydrogen) atoms. The number of rotatable bonds is 4. The van der Waals surface area contributed by atoms with Gasteiger partial charge in [0.1, 0.15) is 10.7 Å². The lowest BCUT2D eigenvalue weighted by molar-refractivity contribution is 0.0957. The fourth-order valence-corrected chi connectivity index (χ4v) is 3.64. The van der Waals surface area contributed by atoms with Gasteiger partial charge in [0.05, 0.1) is 22.9 Å². The number of aromatic nitrogens is 2. The second kappa shape index (κ2) is 6.04. The van der Waals surface area contributed by atoms with Gasteiger partial charge in [-0.2, -0.15) is 0 Å². The summed E-state index contributed by atoms with van der Waals surface area (Å²) in [6.45, 7) is 3.48. The van der Waals surface area contributed by atoms with E-state index in [0.717, 1.165) is 16.9 Å². The number of amides is 1. The van der Waals surface area contributed by atoms with Gasteiger partial charge >= 0.3 is 0 Å². The first-order valence-electron chi connectivity index (χ1n) is 7.24. The molecule has 0 aliphatic carbocycles. The van der Waals surface area contributed by atoms with Gasteiger partial charge in [-0.1, -0.05) is 0 Å². The lowest BCUT2D eigenvalue weighted by Crippen LogP contribution is -2.18. The number of nitrogens with zero attached hydrogens (tertiary/aromatic N) is 1. The highest BCUT2D eigenvalue weighted by molar-refractivity contribution is 7.20. The molecule has 3 aromatic heterocycles. The van der Waals surface area contributed by atoms with Crippen molar-refractivity contribution in [2.75, 3.05) is 7.05 Å². The second-order valence-corrected chi connectivity index (χ2v) is 6.36. The molecule has 0 fully saturated rings. The maximum Gasteiger partial charge on any atom is 0.261 e. The number of aromatic amines is 1. The van der Waals surface area contributed by atoms with Crippen LogP contribution in [0.1, 0.15) is 37.2 Å². The minimum Gasteiger partial charge on any atom is -0.461 e. The molecule has 124 valence electrons. The molecule has 1 amide bonds. The molecular weight excluding hydrogens is 330 g/mol. The first-order valence-corrected chi connectivity index (χ1v) is 8.05. The summed E-state index contributed by atoms with van der Waals surface area (Å²) >= 11 is 1.13. The molecule has 0 aliphatic heterocycles. The number of thiophene rings is 1. The van der Waals surface area contributed by atoms with Crippen molar-refractivity contribution in [3.63, 3.8) is 0 Å². The molecule has 0 saturated heterocycles. The molecule has 0 radical (unpaired) electrons. The van der Waals surface area contributed by atoms with Crippen LogP contribution >= 0.6 is 11.3 Å². The monoisotopic (exact) mass is 345 g/mol. The number of ketones is 1. The SMILES string of the molecule is CNC(=O)c1sc2nc(CC(=O)c3occc3C)[nH]c(=O)c2c1C. The van der Waals surface area contributed by atoms with Gasteiger partial charge in [-0.3, -0.25) is 14.4 Å². The highest BCUT2D eigenvalue weighted by Crippen LogP contribution is 2.27. The molecule has 0 bridgehead atoms. The molecule has 3 rings (SSSR count). The van der Waals surface area contributed by atoms with E-state index in [1.165, 1.54) is 13.3 Å². The Morgan fingerprint density at radius 3 is 2.75 bits per heavy atom. The molecule has 0 atom stereocenters. The second-order valence-electron chi connectivity index (χ2n) is 5.36. The number of fused-ring (bicyclic) bond motifs is 1. The third kappa shape index (κ3) is 2.65. The average molecular weight is 345 g/mol. The number of aryl methyl sites for hydroxylation is 2. The molecule has 3 aromatic rings. The summed E-state index contributed by atoms with van der Waals surface area (Å²) < 4.78 is 5.17. The molecule has 0 saturated carbocycles. The minimum absolute atomic E-state index is 0.0776. The summed E-state index contributed by atoms with van der Waals surface area (Å²) in [4.78, 5) is 44.3. The van der Waals surface area contributed by atoms with Crippen molar-refractivity contribution in [2.45, 2.75) is 20.3 Å². The van der Waals surface area contributed by atoms with Crippen molar-refractivity contribution < 1.29 is 14.0 Å². The van der Waals surface area contributed by atoms with Crippen LogP contribution in [0.5, 0.6) is 0 Å². The largest absolute Gasteiger partial charge is 0.461 e. The van der Waals surface area contributed by atoms with Crippen LogP contribution in [-0.2, 0) is 6.42 Å². The number of nitrogens with one attached hydrogen (secondary N) is 2. The van der Waals surface area contributed by atoms with Crippen molar-refractivity contribution >= 4 is 33.2 Å². The number of furan rings is 1. The number of carbonyl (C=O) groups is 2. The number of hydrogen-bond acceptors (Lipinski definition) is 6. The van der Waals surface area contributed by atoms with Gasteiger partial charge in [0, 0.05) is 7.05 Å². The predicted octanol–water partition coefficient (Wildman–Crippen LogP) is 1.98. The van der Waals surface area contributed by atoms with Crippen LogP contribution in [-0.4, -0.2) is 28.7 Å². The summed E-state index contributed by atoms with van der Waals surface area (Å²) in [6.07, 6.45) is 1.37. The molecule has 0 unspecified atom stereocenters. The lowest BCUT2D eigenvalue weighted by atomic mass is 10.1. The van der Waals surface area contributed by atoms with Gasteiger partial charge in [0.15, 0.2) is 5.76 Å². The Morgan fingerprint density at radius 1 is 1.38 bits per heavy atom. The standard InChI is InChI=1S/C16H15N3O4S/c1-7-4-5-23-12(7)9(20)6-10-18-14(21)11-8(2)13(15(22)17-3)24-16(11)19-10/h4-5H,6H2,1-3H3,(H,17,22)(H,18,19,21). The Kier molecular flexibility index (Phi) is 4.06. The molecule has 2 N–H and O–H groups in total. The Hall–Kier alpha value is -2.74. The summed E-state index contributed by atoms with van der Waals surface area (Å²) in [5, 5.41) is 2.92. The van der Waals surface area contributed by atoms with Gasteiger partial charge in [-0.25, -0.2) is 4.98 Å². The van der Waals surface area contributed by atoms with Gasteiger partial charge in [-0.05, 0) is 31.0 Å². The van der Waals surface area contributed by atoms with E-state index in [9.17, 15) is 14.4 Å². The van der Waals surface area contributed by atoms with Gasteiger partial charge in [0.2, 0.25) is 5.78 Å². The fourth-order valence-electron chi connectivity index (χ4n) is 2.49. The zero-order valence-electron chi connectivity index (χ0n) is 13.4. The number of H-pyrrole nitrogens is 1. The van der Waals surface area contributed by atoms with Crippen LogP contribution in [0.15, 0.2) is 21.5 Å². The first-order chi connectivity index (χ1) is 11.4. The van der Waals surface area contributed by atoms with E-state index in [2.05, 4.69) is 15.3 Å². The van der Waals surface area contributed by atoms with Crippen molar-refractivity contribution in [2.24, 2.45) is 0 Å². The summed E-state index contributed by atoms with van der Waals surface area (Å²) in [7, 11) is 1.53.